The number of morpholine rings is 1. The maximum atomic E-state index is 5.48. The molecule has 0 aromatic heterocycles. The van der Waals surface area contributed by atoms with Gasteiger partial charge in [0.05, 0.1) is 18.9 Å². The van der Waals surface area contributed by atoms with E-state index in [-0.39, 0.29) is 29.4 Å². The third kappa shape index (κ3) is 4.28. The highest BCUT2D eigenvalue weighted by Crippen LogP contribution is 2.38. The van der Waals surface area contributed by atoms with Gasteiger partial charge in [0.2, 0.25) is 6.79 Å². The van der Waals surface area contributed by atoms with Crippen LogP contribution in [0, 0.1) is 5.41 Å². The average Bonchev–Trinajstić information content (AvgIpc) is 3.02. The Morgan fingerprint density at radius 1 is 1.04 bits per heavy atom. The summed E-state index contributed by atoms with van der Waals surface area (Å²) in [6, 6.07) is 5.88. The minimum absolute atomic E-state index is 0. The molecule has 1 fully saturated rings. The molecule has 2 heterocycles. The second-order valence-corrected chi connectivity index (χ2v) is 7.39. The molecule has 25 heavy (non-hydrogen) atoms. The van der Waals surface area contributed by atoms with Gasteiger partial charge in [0.25, 0.3) is 0 Å². The Bertz CT molecular complexity index is 694. The zero-order valence-electron chi connectivity index (χ0n) is 14.8. The predicted octanol–water partition coefficient (Wildman–Crippen LogP) is 4.14. The number of nitrogens with zero attached hydrogens (tertiary/aromatic N) is 2. The Morgan fingerprint density at radius 3 is 2.60 bits per heavy atom. The zero-order valence-corrected chi connectivity index (χ0v) is 17.1. The standard InChI is InChI=1S/C19H24N2O3.HI/c1-19(2)11-15(9-16(12-19)21-5-7-22-8-6-21)20-14-3-4-17-18(10-14)24-13-23-17;/h3-4,9-10H,5-8,11-13H2,1-2H3;1H. The van der Waals surface area contributed by atoms with Crippen molar-refractivity contribution >= 4 is 35.4 Å². The molecule has 1 saturated heterocycles. The van der Waals surface area contributed by atoms with E-state index in [0.717, 1.165) is 62.0 Å². The van der Waals surface area contributed by atoms with Gasteiger partial charge in [-0.15, -0.1) is 24.0 Å². The van der Waals surface area contributed by atoms with Crippen molar-refractivity contribution in [3.05, 3.63) is 30.0 Å². The van der Waals surface area contributed by atoms with Crippen molar-refractivity contribution in [1.29, 1.82) is 0 Å². The summed E-state index contributed by atoms with van der Waals surface area (Å²) in [6.07, 6.45) is 4.34. The van der Waals surface area contributed by atoms with Gasteiger partial charge in [0.15, 0.2) is 11.5 Å². The van der Waals surface area contributed by atoms with Crippen LogP contribution in [0.5, 0.6) is 11.5 Å². The van der Waals surface area contributed by atoms with E-state index in [2.05, 4.69) is 24.8 Å². The largest absolute Gasteiger partial charge is 0.454 e. The Morgan fingerprint density at radius 2 is 1.80 bits per heavy atom. The van der Waals surface area contributed by atoms with Crippen molar-refractivity contribution in [2.24, 2.45) is 10.4 Å². The number of hydrogen-bond acceptors (Lipinski definition) is 5. The van der Waals surface area contributed by atoms with Gasteiger partial charge in [-0.3, -0.25) is 4.99 Å². The number of ether oxygens (including phenoxy) is 3. The lowest BCUT2D eigenvalue weighted by molar-refractivity contribution is 0.0491. The number of aliphatic imine (C=N–C) groups is 1. The number of allylic oxidation sites excluding steroid dienone is 2. The van der Waals surface area contributed by atoms with Crippen molar-refractivity contribution in [3.8, 4) is 11.5 Å². The van der Waals surface area contributed by atoms with Crippen LogP contribution in [0.2, 0.25) is 0 Å². The van der Waals surface area contributed by atoms with Crippen molar-refractivity contribution in [2.45, 2.75) is 26.7 Å². The normalized spacial score (nSPS) is 23.2. The van der Waals surface area contributed by atoms with E-state index in [1.54, 1.807) is 0 Å². The third-order valence-corrected chi connectivity index (χ3v) is 4.70. The Labute approximate surface area is 166 Å². The molecule has 0 spiro atoms. The SMILES string of the molecule is CC1(C)CC(N2CCOCC2)=CC(=Nc2ccc3c(c2)OCO3)C1.I. The van der Waals surface area contributed by atoms with Gasteiger partial charge in [-0.25, -0.2) is 0 Å². The van der Waals surface area contributed by atoms with Gasteiger partial charge in [0.1, 0.15) is 0 Å². The van der Waals surface area contributed by atoms with Crippen molar-refractivity contribution < 1.29 is 14.2 Å². The Kier molecular flexibility index (Phi) is 5.58. The molecule has 0 bridgehead atoms. The van der Waals surface area contributed by atoms with Gasteiger partial charge in [-0.2, -0.15) is 0 Å². The molecule has 6 heteroatoms. The first kappa shape index (κ1) is 18.5. The van der Waals surface area contributed by atoms with Gasteiger partial charge < -0.3 is 19.1 Å². The van der Waals surface area contributed by atoms with Crippen molar-refractivity contribution in [2.75, 3.05) is 33.1 Å². The highest BCUT2D eigenvalue weighted by atomic mass is 127. The number of fused-ring (bicyclic) bond motifs is 1. The van der Waals surface area contributed by atoms with E-state index in [1.165, 1.54) is 5.70 Å². The van der Waals surface area contributed by atoms with Gasteiger partial charge >= 0.3 is 0 Å². The lowest BCUT2D eigenvalue weighted by Gasteiger charge is -2.38. The summed E-state index contributed by atoms with van der Waals surface area (Å²) in [5, 5.41) is 0. The molecule has 0 radical (unpaired) electrons. The van der Waals surface area contributed by atoms with Crippen LogP contribution >= 0.6 is 24.0 Å². The molecule has 136 valence electrons. The van der Waals surface area contributed by atoms with E-state index >= 15 is 0 Å². The van der Waals surface area contributed by atoms with Crippen LogP contribution in [0.15, 0.2) is 35.0 Å². The van der Waals surface area contributed by atoms with Crippen LogP contribution < -0.4 is 9.47 Å². The molecule has 0 amide bonds. The fourth-order valence-electron chi connectivity index (χ4n) is 3.58. The van der Waals surface area contributed by atoms with Crippen LogP contribution in [-0.4, -0.2) is 43.7 Å². The third-order valence-electron chi connectivity index (χ3n) is 4.70. The lowest BCUT2D eigenvalue weighted by Crippen LogP contribution is -2.39. The van der Waals surface area contributed by atoms with Crippen molar-refractivity contribution in [1.82, 2.24) is 4.90 Å². The fraction of sp³-hybridized carbons (Fsp3) is 0.526. The van der Waals surface area contributed by atoms with Gasteiger partial charge in [0, 0.05) is 30.6 Å². The van der Waals surface area contributed by atoms with E-state index in [9.17, 15) is 0 Å². The average molecular weight is 456 g/mol. The van der Waals surface area contributed by atoms with Crippen LogP contribution in [0.1, 0.15) is 26.7 Å². The minimum Gasteiger partial charge on any atom is -0.454 e. The topological polar surface area (TPSA) is 43.3 Å². The predicted molar refractivity (Wildman–Crippen MR) is 109 cm³/mol. The van der Waals surface area contributed by atoms with Gasteiger partial charge in [-0.05, 0) is 36.5 Å². The maximum Gasteiger partial charge on any atom is 0.231 e. The summed E-state index contributed by atoms with van der Waals surface area (Å²) in [5.74, 6) is 1.58. The molecular formula is C19H25IN2O3. The molecule has 0 unspecified atom stereocenters. The second kappa shape index (κ2) is 7.53. The summed E-state index contributed by atoms with van der Waals surface area (Å²) in [7, 11) is 0. The lowest BCUT2D eigenvalue weighted by atomic mass is 9.78. The van der Waals surface area contributed by atoms with E-state index in [1.807, 2.05) is 18.2 Å². The van der Waals surface area contributed by atoms with Crippen LogP contribution in [0.3, 0.4) is 0 Å². The molecule has 4 rings (SSSR count). The van der Waals surface area contributed by atoms with Gasteiger partial charge in [-0.1, -0.05) is 13.8 Å². The van der Waals surface area contributed by atoms with E-state index < -0.39 is 0 Å². The first-order valence-corrected chi connectivity index (χ1v) is 8.60. The van der Waals surface area contributed by atoms with Crippen LogP contribution in [0.4, 0.5) is 5.69 Å². The number of benzene rings is 1. The summed E-state index contributed by atoms with van der Waals surface area (Å²) >= 11 is 0. The summed E-state index contributed by atoms with van der Waals surface area (Å²) in [4.78, 5) is 7.33. The first-order valence-electron chi connectivity index (χ1n) is 8.60. The molecule has 1 aliphatic carbocycles. The quantitative estimate of drug-likeness (QED) is 0.628. The number of hydrogen-bond donors (Lipinski definition) is 0. The molecule has 1 aromatic rings. The summed E-state index contributed by atoms with van der Waals surface area (Å²) < 4.78 is 16.3. The molecule has 1 aromatic carbocycles. The maximum absolute atomic E-state index is 5.48. The van der Waals surface area contributed by atoms with E-state index in [4.69, 9.17) is 19.2 Å². The van der Waals surface area contributed by atoms with Crippen molar-refractivity contribution in [3.63, 3.8) is 0 Å². The number of rotatable bonds is 2. The summed E-state index contributed by atoms with van der Waals surface area (Å²) in [6.45, 7) is 8.49. The van der Waals surface area contributed by atoms with Crippen LogP contribution in [-0.2, 0) is 4.74 Å². The molecular weight excluding hydrogens is 431 g/mol. The Balaban J connectivity index is 0.00000182. The Hall–Kier alpha value is -1.28. The fourth-order valence-corrected chi connectivity index (χ4v) is 3.58. The zero-order chi connectivity index (χ0) is 16.6. The second-order valence-electron chi connectivity index (χ2n) is 7.39. The molecule has 0 saturated carbocycles. The smallest absolute Gasteiger partial charge is 0.231 e. The molecule has 3 aliphatic rings. The summed E-state index contributed by atoms with van der Waals surface area (Å²) in [5.41, 5.74) is 3.66. The molecule has 2 aliphatic heterocycles. The van der Waals surface area contributed by atoms with Crippen LogP contribution in [0.25, 0.3) is 0 Å². The monoisotopic (exact) mass is 456 g/mol. The molecule has 0 N–H and O–H groups in total. The minimum atomic E-state index is 0. The van der Waals surface area contributed by atoms with E-state index in [0.29, 0.717) is 6.79 Å². The molecule has 5 nitrogen and oxygen atoms in total. The first-order chi connectivity index (χ1) is 11.6. The highest BCUT2D eigenvalue weighted by Gasteiger charge is 2.29. The number of halogens is 1. The molecule has 0 atom stereocenters. The highest BCUT2D eigenvalue weighted by molar-refractivity contribution is 14.0.